The van der Waals surface area contributed by atoms with E-state index in [4.69, 9.17) is 4.74 Å². The third-order valence-corrected chi connectivity index (χ3v) is 4.67. The molecule has 0 aliphatic carbocycles. The molecule has 8 heteroatoms. The van der Waals surface area contributed by atoms with Gasteiger partial charge in [-0.15, -0.1) is 5.10 Å². The second kappa shape index (κ2) is 10.5. The maximum atomic E-state index is 13.1. The van der Waals surface area contributed by atoms with Crippen molar-refractivity contribution >= 4 is 11.6 Å². The quantitative estimate of drug-likeness (QED) is 0.519. The van der Waals surface area contributed by atoms with Crippen molar-refractivity contribution in [3.8, 4) is 5.75 Å². The Bertz CT molecular complexity index is 924. The first kappa shape index (κ1) is 21.4. The third kappa shape index (κ3) is 6.12. The van der Waals surface area contributed by atoms with Crippen molar-refractivity contribution in [1.29, 1.82) is 0 Å². The molecule has 0 saturated carbocycles. The summed E-state index contributed by atoms with van der Waals surface area (Å²) >= 11 is 0. The summed E-state index contributed by atoms with van der Waals surface area (Å²) in [5, 5.41) is 14.6. The molecular formula is C22H28N6O2. The number of carbonyl (C=O) groups excluding carboxylic acids is 1. The van der Waals surface area contributed by atoms with Crippen LogP contribution in [0.25, 0.3) is 0 Å². The van der Waals surface area contributed by atoms with Crippen LogP contribution in [0.5, 0.6) is 5.75 Å². The summed E-state index contributed by atoms with van der Waals surface area (Å²) < 4.78 is 7.31. The first-order valence-corrected chi connectivity index (χ1v) is 10.00. The van der Waals surface area contributed by atoms with Gasteiger partial charge in [-0.2, -0.15) is 0 Å². The van der Waals surface area contributed by atoms with E-state index < -0.39 is 6.04 Å². The smallest absolute Gasteiger partial charge is 0.249 e. The van der Waals surface area contributed by atoms with Crippen LogP contribution in [0, 0.1) is 6.92 Å². The summed E-state index contributed by atoms with van der Waals surface area (Å²) in [6.45, 7) is 3.42. The number of rotatable bonds is 10. The molecule has 1 unspecified atom stereocenters. The number of anilines is 1. The van der Waals surface area contributed by atoms with Gasteiger partial charge in [0, 0.05) is 18.7 Å². The largest absolute Gasteiger partial charge is 0.494 e. The summed E-state index contributed by atoms with van der Waals surface area (Å²) in [4.78, 5) is 15.2. The van der Waals surface area contributed by atoms with Crippen molar-refractivity contribution in [2.24, 2.45) is 0 Å². The number of benzene rings is 2. The molecule has 3 aromatic rings. The average molecular weight is 409 g/mol. The van der Waals surface area contributed by atoms with Gasteiger partial charge >= 0.3 is 0 Å². The van der Waals surface area contributed by atoms with Crippen molar-refractivity contribution in [3.05, 3.63) is 66.0 Å². The van der Waals surface area contributed by atoms with Gasteiger partial charge in [-0.05, 0) is 67.7 Å². The van der Waals surface area contributed by atoms with Crippen molar-refractivity contribution in [2.75, 3.05) is 32.6 Å². The highest BCUT2D eigenvalue weighted by atomic mass is 16.5. The first-order chi connectivity index (χ1) is 14.5. The number of carbonyl (C=O) groups is 1. The second-order valence-electron chi connectivity index (χ2n) is 7.40. The zero-order chi connectivity index (χ0) is 21.3. The normalized spacial score (nSPS) is 12.0. The zero-order valence-corrected chi connectivity index (χ0v) is 17.7. The SMILES string of the molecule is Cc1nnnn1C(Cc1ccccc1)C(=O)Nc1ccc(OCCCN(C)C)cc1. The Hall–Kier alpha value is -3.26. The van der Waals surface area contributed by atoms with E-state index >= 15 is 0 Å². The van der Waals surface area contributed by atoms with Crippen LogP contribution >= 0.6 is 0 Å². The lowest BCUT2D eigenvalue weighted by atomic mass is 10.1. The van der Waals surface area contributed by atoms with Crippen LogP contribution in [0.3, 0.4) is 0 Å². The minimum absolute atomic E-state index is 0.172. The van der Waals surface area contributed by atoms with Crippen LogP contribution in [0.4, 0.5) is 5.69 Å². The number of ether oxygens (including phenoxy) is 1. The number of aryl methyl sites for hydroxylation is 1. The number of tetrazole rings is 1. The molecule has 0 saturated heterocycles. The lowest BCUT2D eigenvalue weighted by Gasteiger charge is -2.18. The molecule has 0 aliphatic heterocycles. The highest BCUT2D eigenvalue weighted by molar-refractivity contribution is 5.93. The Labute approximate surface area is 176 Å². The van der Waals surface area contributed by atoms with Gasteiger partial charge < -0.3 is 15.0 Å². The predicted molar refractivity (Wildman–Crippen MR) is 115 cm³/mol. The van der Waals surface area contributed by atoms with Crippen molar-refractivity contribution in [2.45, 2.75) is 25.8 Å². The summed E-state index contributed by atoms with van der Waals surface area (Å²) in [6, 6.07) is 16.7. The van der Waals surface area contributed by atoms with Crippen LogP contribution in [0.15, 0.2) is 54.6 Å². The van der Waals surface area contributed by atoms with Gasteiger partial charge in [0.15, 0.2) is 0 Å². The molecule has 2 aromatic carbocycles. The molecular weight excluding hydrogens is 380 g/mol. The van der Waals surface area contributed by atoms with Crippen molar-refractivity contribution in [3.63, 3.8) is 0 Å². The molecule has 30 heavy (non-hydrogen) atoms. The van der Waals surface area contributed by atoms with Gasteiger partial charge in [-0.3, -0.25) is 4.79 Å². The van der Waals surface area contributed by atoms with E-state index in [1.165, 1.54) is 0 Å². The van der Waals surface area contributed by atoms with E-state index in [0.717, 1.165) is 24.3 Å². The van der Waals surface area contributed by atoms with E-state index in [-0.39, 0.29) is 5.91 Å². The highest BCUT2D eigenvalue weighted by Crippen LogP contribution is 2.20. The summed E-state index contributed by atoms with van der Waals surface area (Å²) in [6.07, 6.45) is 1.45. The standard InChI is InChI=1S/C22H28N6O2/c1-17-24-25-26-28(17)21(16-18-8-5-4-6-9-18)22(29)23-19-10-12-20(13-11-19)30-15-7-14-27(2)3/h4-6,8-13,21H,7,14-16H2,1-3H3,(H,23,29). The Balaban J connectivity index is 1.64. The topological polar surface area (TPSA) is 85.2 Å². The Morgan fingerprint density at radius 2 is 1.87 bits per heavy atom. The molecule has 8 nitrogen and oxygen atoms in total. The Morgan fingerprint density at radius 1 is 1.13 bits per heavy atom. The van der Waals surface area contributed by atoms with E-state index in [0.29, 0.717) is 24.5 Å². The number of hydrogen-bond acceptors (Lipinski definition) is 6. The molecule has 0 fully saturated rings. The summed E-state index contributed by atoms with van der Waals surface area (Å²) in [7, 11) is 4.08. The van der Waals surface area contributed by atoms with Gasteiger partial charge in [0.05, 0.1) is 6.61 Å². The second-order valence-corrected chi connectivity index (χ2v) is 7.40. The van der Waals surface area contributed by atoms with Crippen LogP contribution in [0.2, 0.25) is 0 Å². The van der Waals surface area contributed by atoms with Crippen LogP contribution in [0.1, 0.15) is 23.9 Å². The van der Waals surface area contributed by atoms with Gasteiger partial charge in [0.1, 0.15) is 17.6 Å². The molecule has 3 rings (SSSR count). The molecule has 0 spiro atoms. The number of nitrogens with one attached hydrogen (secondary N) is 1. The fourth-order valence-corrected chi connectivity index (χ4v) is 3.08. The molecule has 1 amide bonds. The van der Waals surface area contributed by atoms with Crippen molar-refractivity contribution < 1.29 is 9.53 Å². The summed E-state index contributed by atoms with van der Waals surface area (Å²) in [5.74, 6) is 1.20. The monoisotopic (exact) mass is 408 g/mol. The van der Waals surface area contributed by atoms with E-state index in [2.05, 4.69) is 25.7 Å². The minimum atomic E-state index is -0.552. The highest BCUT2D eigenvalue weighted by Gasteiger charge is 2.24. The number of nitrogens with zero attached hydrogens (tertiary/aromatic N) is 5. The molecule has 1 heterocycles. The summed E-state index contributed by atoms with van der Waals surface area (Å²) in [5.41, 5.74) is 1.73. The number of aromatic nitrogens is 4. The number of hydrogen-bond donors (Lipinski definition) is 1. The zero-order valence-electron chi connectivity index (χ0n) is 17.7. The van der Waals surface area contributed by atoms with Gasteiger partial charge in [-0.1, -0.05) is 30.3 Å². The van der Waals surface area contributed by atoms with Gasteiger partial charge in [-0.25, -0.2) is 4.68 Å². The maximum Gasteiger partial charge on any atom is 0.249 e. The van der Waals surface area contributed by atoms with Crippen LogP contribution < -0.4 is 10.1 Å². The maximum absolute atomic E-state index is 13.1. The van der Waals surface area contributed by atoms with Crippen LogP contribution in [-0.4, -0.2) is 58.3 Å². The molecule has 1 aromatic heterocycles. The molecule has 0 bridgehead atoms. The Kier molecular flexibility index (Phi) is 7.51. The lowest BCUT2D eigenvalue weighted by molar-refractivity contribution is -0.119. The molecule has 1 atom stereocenters. The number of amides is 1. The van der Waals surface area contributed by atoms with Crippen LogP contribution in [-0.2, 0) is 11.2 Å². The van der Waals surface area contributed by atoms with Gasteiger partial charge in [0.25, 0.3) is 0 Å². The van der Waals surface area contributed by atoms with Gasteiger partial charge in [0.2, 0.25) is 5.91 Å². The van der Waals surface area contributed by atoms with E-state index in [1.54, 1.807) is 11.6 Å². The molecule has 0 radical (unpaired) electrons. The van der Waals surface area contributed by atoms with E-state index in [9.17, 15) is 4.79 Å². The molecule has 1 N–H and O–H groups in total. The van der Waals surface area contributed by atoms with Crippen molar-refractivity contribution in [1.82, 2.24) is 25.1 Å². The fourth-order valence-electron chi connectivity index (χ4n) is 3.08. The van der Waals surface area contributed by atoms with E-state index in [1.807, 2.05) is 68.7 Å². The first-order valence-electron chi connectivity index (χ1n) is 10.00. The lowest BCUT2D eigenvalue weighted by Crippen LogP contribution is -2.29. The molecule has 158 valence electrons. The third-order valence-electron chi connectivity index (χ3n) is 4.67. The Morgan fingerprint density at radius 3 is 2.50 bits per heavy atom. The minimum Gasteiger partial charge on any atom is -0.494 e. The molecule has 0 aliphatic rings. The predicted octanol–water partition coefficient (Wildman–Crippen LogP) is 2.73. The average Bonchev–Trinajstić information content (AvgIpc) is 3.16. The fraction of sp³-hybridized carbons (Fsp3) is 0.364.